The lowest BCUT2D eigenvalue weighted by Gasteiger charge is -2.38. The molecule has 1 saturated carbocycles. The van der Waals surface area contributed by atoms with Crippen molar-refractivity contribution in [3.63, 3.8) is 0 Å². The van der Waals surface area contributed by atoms with E-state index in [-0.39, 0.29) is 0 Å². The molecule has 0 amide bonds. The van der Waals surface area contributed by atoms with E-state index in [1.807, 2.05) is 0 Å². The molecular weight excluding hydrogens is 250 g/mol. The van der Waals surface area contributed by atoms with Gasteiger partial charge in [-0.25, -0.2) is 0 Å². The Kier molecular flexibility index (Phi) is 7.28. The van der Waals surface area contributed by atoms with Crippen LogP contribution in [-0.2, 0) is 0 Å². The van der Waals surface area contributed by atoms with Crippen molar-refractivity contribution in [2.75, 3.05) is 39.3 Å². The number of nitrogens with zero attached hydrogens (tertiary/aromatic N) is 1. The maximum Gasteiger partial charge on any atom is 0.0434 e. The summed E-state index contributed by atoms with van der Waals surface area (Å²) in [4.78, 5) is 2.47. The van der Waals surface area contributed by atoms with E-state index in [1.165, 1.54) is 45.1 Å². The molecule has 2 fully saturated rings. The zero-order valence-electron chi connectivity index (χ0n) is 12.9. The molecule has 20 heavy (non-hydrogen) atoms. The molecule has 4 N–H and O–H groups in total. The molecule has 2 rings (SSSR count). The monoisotopic (exact) mass is 283 g/mol. The maximum absolute atomic E-state index is 9.19. The van der Waals surface area contributed by atoms with Crippen LogP contribution < -0.4 is 11.1 Å². The van der Waals surface area contributed by atoms with Gasteiger partial charge in [-0.3, -0.25) is 0 Å². The minimum Gasteiger partial charge on any atom is -0.396 e. The molecule has 1 aliphatic carbocycles. The second-order valence-electron chi connectivity index (χ2n) is 6.77. The summed E-state index contributed by atoms with van der Waals surface area (Å²) >= 11 is 0. The number of hydrogen-bond donors (Lipinski definition) is 3. The Morgan fingerprint density at radius 3 is 2.60 bits per heavy atom. The van der Waals surface area contributed by atoms with Crippen LogP contribution in [0.4, 0.5) is 0 Å². The maximum atomic E-state index is 9.19. The number of nitrogens with two attached hydrogens (primary N) is 1. The van der Waals surface area contributed by atoms with Crippen molar-refractivity contribution < 1.29 is 5.11 Å². The molecular formula is C16H33N3O. The number of rotatable bonds is 7. The Labute approximate surface area is 124 Å². The molecule has 0 aromatic rings. The average Bonchev–Trinajstić information content (AvgIpc) is 2.47. The highest BCUT2D eigenvalue weighted by molar-refractivity contribution is 4.84. The fraction of sp³-hybridized carbons (Fsp3) is 1.00. The summed E-state index contributed by atoms with van der Waals surface area (Å²) in [6.45, 7) is 5.47. The fourth-order valence-corrected chi connectivity index (χ4v) is 3.93. The first kappa shape index (κ1) is 16.2. The minimum atomic E-state index is 0.316. The van der Waals surface area contributed by atoms with Crippen LogP contribution in [0.25, 0.3) is 0 Å². The highest BCUT2D eigenvalue weighted by Gasteiger charge is 2.26. The van der Waals surface area contributed by atoms with Gasteiger partial charge in [0, 0.05) is 38.8 Å². The van der Waals surface area contributed by atoms with Crippen LogP contribution in [-0.4, -0.2) is 55.4 Å². The molecule has 1 heterocycles. The zero-order valence-corrected chi connectivity index (χ0v) is 12.9. The second kappa shape index (κ2) is 8.98. The number of aliphatic hydroxyl groups is 1. The molecule has 1 saturated heterocycles. The molecule has 0 radical (unpaired) electrons. The van der Waals surface area contributed by atoms with Crippen LogP contribution in [0.5, 0.6) is 0 Å². The van der Waals surface area contributed by atoms with Crippen LogP contribution in [0.2, 0.25) is 0 Å². The predicted molar refractivity (Wildman–Crippen MR) is 83.7 cm³/mol. The highest BCUT2D eigenvalue weighted by Crippen LogP contribution is 2.24. The van der Waals surface area contributed by atoms with Gasteiger partial charge < -0.3 is 21.1 Å². The first-order valence-electron chi connectivity index (χ1n) is 8.58. The normalized spacial score (nSPS) is 29.7. The van der Waals surface area contributed by atoms with Crippen molar-refractivity contribution in [1.82, 2.24) is 10.2 Å². The summed E-state index contributed by atoms with van der Waals surface area (Å²) in [5.41, 5.74) is 5.70. The quantitative estimate of drug-likeness (QED) is 0.657. The average molecular weight is 283 g/mol. The van der Waals surface area contributed by atoms with Crippen LogP contribution >= 0.6 is 0 Å². The van der Waals surface area contributed by atoms with Gasteiger partial charge in [0.05, 0.1) is 0 Å². The lowest BCUT2D eigenvalue weighted by atomic mass is 9.88. The number of nitrogens with one attached hydrogen (secondary N) is 1. The van der Waals surface area contributed by atoms with Gasteiger partial charge in [-0.1, -0.05) is 19.3 Å². The summed E-state index contributed by atoms with van der Waals surface area (Å²) in [6, 6.07) is 0.591. The highest BCUT2D eigenvalue weighted by atomic mass is 16.3. The van der Waals surface area contributed by atoms with Gasteiger partial charge in [0.2, 0.25) is 0 Å². The van der Waals surface area contributed by atoms with Crippen molar-refractivity contribution in [2.45, 2.75) is 51.0 Å². The van der Waals surface area contributed by atoms with Crippen molar-refractivity contribution in [3.05, 3.63) is 0 Å². The number of hydrogen-bond acceptors (Lipinski definition) is 4. The molecule has 0 aromatic heterocycles. The van der Waals surface area contributed by atoms with Gasteiger partial charge >= 0.3 is 0 Å². The number of likely N-dealkylation sites (tertiary alicyclic amines) is 1. The lowest BCUT2D eigenvalue weighted by Crippen LogP contribution is -2.51. The summed E-state index contributed by atoms with van der Waals surface area (Å²) in [5, 5.41) is 13.0. The lowest BCUT2D eigenvalue weighted by molar-refractivity contribution is 0.120. The molecule has 4 heteroatoms. The molecule has 4 nitrogen and oxygen atoms in total. The summed E-state index contributed by atoms with van der Waals surface area (Å²) in [6.07, 6.45) is 9.24. The standard InChI is InChI=1S/C16H33N3O/c17-7-8-19-12-15(6-9-20)10-16(13-19)18-11-14-4-2-1-3-5-14/h14-16,18,20H,1-13,17H2. The molecule has 0 aromatic carbocycles. The number of piperidine rings is 1. The third kappa shape index (κ3) is 5.32. The van der Waals surface area contributed by atoms with Gasteiger partial charge in [0.15, 0.2) is 0 Å². The molecule has 2 atom stereocenters. The molecule has 118 valence electrons. The topological polar surface area (TPSA) is 61.5 Å². The van der Waals surface area contributed by atoms with E-state index in [2.05, 4.69) is 10.2 Å². The first-order valence-corrected chi connectivity index (χ1v) is 8.58. The second-order valence-corrected chi connectivity index (χ2v) is 6.77. The molecule has 0 bridgehead atoms. The van der Waals surface area contributed by atoms with Crippen molar-refractivity contribution in [3.8, 4) is 0 Å². The Morgan fingerprint density at radius 2 is 1.90 bits per heavy atom. The first-order chi connectivity index (χ1) is 9.81. The van der Waals surface area contributed by atoms with E-state index in [9.17, 15) is 5.11 Å². The SMILES string of the molecule is NCCN1CC(CCO)CC(NCC2CCCCC2)C1. The van der Waals surface area contributed by atoms with Gasteiger partial charge in [-0.15, -0.1) is 0 Å². The number of aliphatic hydroxyl groups excluding tert-OH is 1. The van der Waals surface area contributed by atoms with Crippen molar-refractivity contribution >= 4 is 0 Å². The molecule has 1 aliphatic heterocycles. The predicted octanol–water partition coefficient (Wildman–Crippen LogP) is 1.19. The Balaban J connectivity index is 1.75. The summed E-state index contributed by atoms with van der Waals surface area (Å²) in [7, 11) is 0. The molecule has 2 aliphatic rings. The third-order valence-electron chi connectivity index (χ3n) is 5.02. The Hall–Kier alpha value is -0.160. The summed E-state index contributed by atoms with van der Waals surface area (Å²) < 4.78 is 0. The fourth-order valence-electron chi connectivity index (χ4n) is 3.93. The van der Waals surface area contributed by atoms with E-state index in [4.69, 9.17) is 5.73 Å². The van der Waals surface area contributed by atoms with Crippen LogP contribution in [0, 0.1) is 11.8 Å². The van der Waals surface area contributed by atoms with E-state index >= 15 is 0 Å². The van der Waals surface area contributed by atoms with Gasteiger partial charge in [-0.05, 0) is 44.1 Å². The Morgan fingerprint density at radius 1 is 1.10 bits per heavy atom. The molecule has 2 unspecified atom stereocenters. The smallest absolute Gasteiger partial charge is 0.0434 e. The van der Waals surface area contributed by atoms with Gasteiger partial charge in [-0.2, -0.15) is 0 Å². The third-order valence-corrected chi connectivity index (χ3v) is 5.02. The minimum absolute atomic E-state index is 0.316. The van der Waals surface area contributed by atoms with Crippen molar-refractivity contribution in [2.24, 2.45) is 17.6 Å². The zero-order chi connectivity index (χ0) is 14.2. The van der Waals surface area contributed by atoms with Crippen LogP contribution in [0.3, 0.4) is 0 Å². The van der Waals surface area contributed by atoms with Crippen molar-refractivity contribution in [1.29, 1.82) is 0 Å². The van der Waals surface area contributed by atoms with Crippen LogP contribution in [0.15, 0.2) is 0 Å². The van der Waals surface area contributed by atoms with E-state index in [1.54, 1.807) is 0 Å². The van der Waals surface area contributed by atoms with E-state index in [0.29, 0.717) is 18.6 Å². The van der Waals surface area contributed by atoms with Gasteiger partial charge in [0.25, 0.3) is 0 Å². The largest absolute Gasteiger partial charge is 0.396 e. The van der Waals surface area contributed by atoms with E-state index < -0.39 is 0 Å². The summed E-state index contributed by atoms with van der Waals surface area (Å²) in [5.74, 6) is 1.52. The van der Waals surface area contributed by atoms with Gasteiger partial charge in [0.1, 0.15) is 0 Å². The van der Waals surface area contributed by atoms with Crippen LogP contribution in [0.1, 0.15) is 44.9 Å². The Bertz CT molecular complexity index is 242. The molecule has 0 spiro atoms. The van der Waals surface area contributed by atoms with E-state index in [0.717, 1.165) is 38.5 Å².